The van der Waals surface area contributed by atoms with Crippen LogP contribution in [-0.4, -0.2) is 105 Å². The van der Waals surface area contributed by atoms with Gasteiger partial charge in [0.1, 0.15) is 23.4 Å². The molecule has 0 spiro atoms. The summed E-state index contributed by atoms with van der Waals surface area (Å²) in [5.41, 5.74) is -0.252. The molecule has 4 aliphatic heterocycles. The second kappa shape index (κ2) is 22.4. The van der Waals surface area contributed by atoms with Crippen molar-refractivity contribution < 1.29 is 58.9 Å². The summed E-state index contributed by atoms with van der Waals surface area (Å²) >= 11 is 0. The molecule has 9 atom stereocenters. The standard InChI is InChI=1S/C50H71N3O12/c1-28-21-20-22-29(2)49(61)52-40-35(27-51-53-24-18-16-14-12-10-11-13-15-17-19-25-53)44(58)37-38(45(40)59)43(57)33(6)47-39(37)48(60)50(8,65-47)63-26-23-36(62-9)30(3)46(64-34(7)54)32(5)42(56)31(4)41(28)55/h20-23,26-28,30-32,36,41-42,46,55-59H,10-19,24-25H2,1-9H3,(H,52,61)/t28-,30-,31-,32-,36+,41-,42-,46-,50-/m0/s1. The molecule has 15 heteroatoms. The van der Waals surface area contributed by atoms with E-state index in [1.54, 1.807) is 46.8 Å². The number of aliphatic hydroxyl groups is 2. The van der Waals surface area contributed by atoms with Gasteiger partial charge in [0.2, 0.25) is 0 Å². The molecule has 1 fully saturated rings. The molecule has 6 N–H and O–H groups in total. The minimum absolute atomic E-state index is 0.0677. The summed E-state index contributed by atoms with van der Waals surface area (Å²) in [4.78, 5) is 41.0. The predicted octanol–water partition coefficient (Wildman–Crippen LogP) is 8.30. The van der Waals surface area contributed by atoms with Gasteiger partial charge in [-0.05, 0) is 32.8 Å². The number of rotatable bonds is 4. The highest BCUT2D eigenvalue weighted by Crippen LogP contribution is 2.55. The van der Waals surface area contributed by atoms with Crippen molar-refractivity contribution in [1.29, 1.82) is 0 Å². The van der Waals surface area contributed by atoms with Crippen LogP contribution in [0, 0.1) is 30.6 Å². The van der Waals surface area contributed by atoms with Crippen LogP contribution >= 0.6 is 0 Å². The summed E-state index contributed by atoms with van der Waals surface area (Å²) in [5.74, 6) is -8.24. The van der Waals surface area contributed by atoms with E-state index in [4.69, 9.17) is 24.0 Å². The number of phenols is 3. The van der Waals surface area contributed by atoms with E-state index in [2.05, 4.69) is 5.32 Å². The van der Waals surface area contributed by atoms with E-state index in [1.165, 1.54) is 78.2 Å². The SMILES string of the molecule is CO[C@@H]1C=CO[C@@]2(C)Oc3c(C)c(O)c4c(O)c(c(C=NN5CCCCCCCCCCCC5)c(O)c4c3C2=O)NC(=O)C(C)=CC=C[C@H](C)[C@H](O)[C@H](C)[C@H](O)[C@H](C)[C@@H](OC(C)=O)[C@H]1C. The Bertz CT molecular complexity index is 2150. The quantitative estimate of drug-likeness (QED) is 0.0738. The largest absolute Gasteiger partial charge is 0.507 e. The number of Topliss-reactive ketones (excluding diaryl/α,β-unsaturated/α-hetero) is 1. The molecule has 15 nitrogen and oxygen atoms in total. The van der Waals surface area contributed by atoms with Crippen molar-refractivity contribution in [3.8, 4) is 23.0 Å². The third-order valence-electron chi connectivity index (χ3n) is 13.5. The highest BCUT2D eigenvalue weighted by atomic mass is 16.7. The summed E-state index contributed by atoms with van der Waals surface area (Å²) in [6, 6.07) is 0. The van der Waals surface area contributed by atoms with Crippen molar-refractivity contribution in [1.82, 2.24) is 5.01 Å². The van der Waals surface area contributed by atoms with E-state index in [-0.39, 0.29) is 44.5 Å². The minimum Gasteiger partial charge on any atom is -0.507 e. The van der Waals surface area contributed by atoms with Gasteiger partial charge in [-0.3, -0.25) is 19.4 Å². The summed E-state index contributed by atoms with van der Waals surface area (Å²) in [6.07, 6.45) is 16.0. The number of carbonyl (C=O) groups excluding carboxylic acids is 3. The van der Waals surface area contributed by atoms with Crippen LogP contribution in [0.3, 0.4) is 0 Å². The van der Waals surface area contributed by atoms with Gasteiger partial charge < -0.3 is 49.8 Å². The zero-order valence-corrected chi connectivity index (χ0v) is 39.6. The van der Waals surface area contributed by atoms with Gasteiger partial charge in [-0.2, -0.15) is 5.10 Å². The molecule has 0 saturated carbocycles. The third kappa shape index (κ3) is 11.5. The number of allylic oxidation sites excluding steroid dienone is 2. The number of hydrogen-bond acceptors (Lipinski definition) is 14. The number of nitrogens with zero attached hydrogens (tertiary/aromatic N) is 2. The van der Waals surface area contributed by atoms with Gasteiger partial charge in [0.15, 0.2) is 5.75 Å². The number of aliphatic hydroxyl groups excluding tert-OH is 2. The van der Waals surface area contributed by atoms with Crippen LogP contribution in [0.1, 0.15) is 134 Å². The van der Waals surface area contributed by atoms with Crippen molar-refractivity contribution in [2.24, 2.45) is 28.8 Å². The Kier molecular flexibility index (Phi) is 17.5. The number of hydrazone groups is 1. The molecule has 5 bridgehead atoms. The van der Waals surface area contributed by atoms with Gasteiger partial charge in [0.25, 0.3) is 11.7 Å². The molecule has 1 saturated heterocycles. The number of esters is 1. The lowest BCUT2D eigenvalue weighted by Gasteiger charge is -2.38. The number of benzene rings is 2. The van der Waals surface area contributed by atoms with Crippen LogP contribution in [0.5, 0.6) is 23.0 Å². The molecule has 2 aromatic carbocycles. The van der Waals surface area contributed by atoms with Gasteiger partial charge >= 0.3 is 11.8 Å². The minimum atomic E-state index is -2.04. The highest BCUT2D eigenvalue weighted by molar-refractivity contribution is 6.23. The molecule has 4 heterocycles. The zero-order chi connectivity index (χ0) is 47.7. The van der Waals surface area contributed by atoms with Crippen LogP contribution in [-0.2, 0) is 23.8 Å². The lowest BCUT2D eigenvalue weighted by atomic mass is 9.78. The van der Waals surface area contributed by atoms with E-state index >= 15 is 0 Å². The van der Waals surface area contributed by atoms with Crippen molar-refractivity contribution >= 4 is 40.3 Å². The number of methoxy groups -OCH3 is 1. The molecule has 0 aliphatic carbocycles. The van der Waals surface area contributed by atoms with Gasteiger partial charge in [-0.15, -0.1) is 0 Å². The van der Waals surface area contributed by atoms with Crippen molar-refractivity contribution in [3.05, 3.63) is 52.8 Å². The Labute approximate surface area is 383 Å². The smallest absolute Gasteiger partial charge is 0.312 e. The van der Waals surface area contributed by atoms with Crippen molar-refractivity contribution in [2.45, 2.75) is 150 Å². The van der Waals surface area contributed by atoms with Gasteiger partial charge in [-0.25, -0.2) is 0 Å². The topological polar surface area (TPSA) is 217 Å². The third-order valence-corrected chi connectivity index (χ3v) is 13.5. The molecule has 65 heavy (non-hydrogen) atoms. The fourth-order valence-electron chi connectivity index (χ4n) is 9.24. The Morgan fingerprint density at radius 2 is 1.45 bits per heavy atom. The number of ketones is 1. The van der Waals surface area contributed by atoms with Crippen molar-refractivity contribution in [2.75, 3.05) is 25.5 Å². The van der Waals surface area contributed by atoms with E-state index in [1.807, 2.05) is 5.01 Å². The van der Waals surface area contributed by atoms with Gasteiger partial charge in [0.05, 0.1) is 53.0 Å². The first-order valence-corrected chi connectivity index (χ1v) is 23.2. The monoisotopic (exact) mass is 906 g/mol. The average Bonchev–Trinajstić information content (AvgIpc) is 3.55. The summed E-state index contributed by atoms with van der Waals surface area (Å²) in [7, 11) is 1.45. The van der Waals surface area contributed by atoms with Gasteiger partial charge in [0, 0.05) is 74.2 Å². The average molecular weight is 906 g/mol. The molecular weight excluding hydrogens is 835 g/mol. The molecule has 1 amide bonds. The van der Waals surface area contributed by atoms with Crippen LogP contribution < -0.4 is 10.1 Å². The summed E-state index contributed by atoms with van der Waals surface area (Å²) < 4.78 is 23.8. The Morgan fingerprint density at radius 1 is 0.846 bits per heavy atom. The number of ether oxygens (including phenoxy) is 4. The first kappa shape index (κ1) is 50.9. The van der Waals surface area contributed by atoms with Crippen LogP contribution in [0.4, 0.5) is 5.69 Å². The van der Waals surface area contributed by atoms with Crippen LogP contribution in [0.15, 0.2) is 41.2 Å². The number of hydrogen-bond donors (Lipinski definition) is 6. The van der Waals surface area contributed by atoms with E-state index < -0.39 is 88.8 Å². The summed E-state index contributed by atoms with van der Waals surface area (Å²) in [6.45, 7) is 13.9. The van der Waals surface area contributed by atoms with Crippen LogP contribution in [0.2, 0.25) is 0 Å². The second-order valence-electron chi connectivity index (χ2n) is 18.4. The number of nitrogens with one attached hydrogen (secondary N) is 1. The highest BCUT2D eigenvalue weighted by Gasteiger charge is 2.50. The fourth-order valence-corrected chi connectivity index (χ4v) is 9.24. The lowest BCUT2D eigenvalue weighted by molar-refractivity contribution is -0.160. The first-order chi connectivity index (χ1) is 30.8. The number of phenolic OH excluding ortho intramolecular Hbond substituents is 3. The van der Waals surface area contributed by atoms with E-state index in [9.17, 15) is 39.9 Å². The lowest BCUT2D eigenvalue weighted by Crippen LogP contribution is -2.46. The second-order valence-corrected chi connectivity index (χ2v) is 18.4. The number of amides is 1. The van der Waals surface area contributed by atoms with E-state index in [0.29, 0.717) is 13.1 Å². The number of anilines is 1. The number of fused-ring (bicyclic) bond motifs is 14. The molecule has 4 aliphatic rings. The number of aromatic hydroxyl groups is 3. The van der Waals surface area contributed by atoms with Gasteiger partial charge in [-0.1, -0.05) is 97.3 Å². The maximum atomic E-state index is 14.6. The summed E-state index contributed by atoms with van der Waals surface area (Å²) in [5, 5.41) is 68.1. The zero-order valence-electron chi connectivity index (χ0n) is 39.6. The fraction of sp³-hybridized carbons (Fsp3) is 0.600. The molecule has 0 aromatic heterocycles. The molecule has 0 unspecified atom stereocenters. The molecule has 2 aromatic rings. The predicted molar refractivity (Wildman–Crippen MR) is 249 cm³/mol. The first-order valence-electron chi connectivity index (χ1n) is 23.2. The van der Waals surface area contributed by atoms with E-state index in [0.717, 1.165) is 38.5 Å². The number of carbonyl (C=O) groups is 3. The molecular formula is C50H71N3O12. The Morgan fingerprint density at radius 3 is 2.03 bits per heavy atom. The maximum Gasteiger partial charge on any atom is 0.312 e. The normalized spacial score (nSPS) is 29.4. The maximum absolute atomic E-state index is 14.6. The molecule has 0 radical (unpaired) electrons. The Balaban J connectivity index is 1.69. The molecule has 6 rings (SSSR count). The van der Waals surface area contributed by atoms with Crippen LogP contribution in [0.25, 0.3) is 10.8 Å². The van der Waals surface area contributed by atoms with Crippen molar-refractivity contribution in [3.63, 3.8) is 0 Å². The Hall–Kier alpha value is -5.12. The molecule has 358 valence electrons.